The van der Waals surface area contributed by atoms with E-state index in [-0.39, 0.29) is 18.2 Å². The Bertz CT molecular complexity index is 855. The van der Waals surface area contributed by atoms with Crippen LogP contribution in [0.15, 0.2) is 52.0 Å². The lowest BCUT2D eigenvalue weighted by Gasteiger charge is -2.08. The minimum Gasteiger partial charge on any atom is -0.396 e. The maximum Gasteiger partial charge on any atom is 0.333 e. The molecule has 0 saturated heterocycles. The van der Waals surface area contributed by atoms with Gasteiger partial charge in [0.25, 0.3) is 0 Å². The molecule has 1 atom stereocenters. The number of rotatable bonds is 4. The lowest BCUT2D eigenvalue weighted by molar-refractivity contribution is 0.223. The number of aliphatic hydroxyl groups excluding tert-OH is 1. The standard InChI is InChI=1S/C16H16BrN3O2/c1-11(10-21)9-19-15-8-12(17)2-3-14(15)20(16(19)22)13-4-6-18-7-5-13/h2-8,11,21H,9-10H2,1H3/t11-/m0/s1. The Morgan fingerprint density at radius 3 is 2.64 bits per heavy atom. The molecule has 5 nitrogen and oxygen atoms in total. The van der Waals surface area contributed by atoms with Crippen molar-refractivity contribution >= 4 is 27.0 Å². The van der Waals surface area contributed by atoms with E-state index in [1.165, 1.54) is 0 Å². The van der Waals surface area contributed by atoms with Crippen LogP contribution < -0.4 is 5.69 Å². The van der Waals surface area contributed by atoms with E-state index in [2.05, 4.69) is 20.9 Å². The van der Waals surface area contributed by atoms with Gasteiger partial charge in [-0.1, -0.05) is 22.9 Å². The zero-order valence-electron chi connectivity index (χ0n) is 12.1. The van der Waals surface area contributed by atoms with Crippen molar-refractivity contribution < 1.29 is 5.11 Å². The minimum atomic E-state index is -0.111. The number of aromatic nitrogens is 3. The number of fused-ring (bicyclic) bond motifs is 1. The Balaban J connectivity index is 2.29. The molecule has 3 rings (SSSR count). The normalized spacial score (nSPS) is 12.7. The molecule has 0 spiro atoms. The van der Waals surface area contributed by atoms with Crippen LogP contribution in [0.1, 0.15) is 6.92 Å². The molecular formula is C16H16BrN3O2. The van der Waals surface area contributed by atoms with Crippen molar-refractivity contribution in [3.05, 3.63) is 57.7 Å². The highest BCUT2D eigenvalue weighted by molar-refractivity contribution is 9.10. The predicted molar refractivity (Wildman–Crippen MR) is 89.3 cm³/mol. The summed E-state index contributed by atoms with van der Waals surface area (Å²) in [6.45, 7) is 2.43. The molecule has 0 radical (unpaired) electrons. The van der Waals surface area contributed by atoms with E-state index in [0.717, 1.165) is 21.2 Å². The van der Waals surface area contributed by atoms with E-state index in [1.54, 1.807) is 21.5 Å². The summed E-state index contributed by atoms with van der Waals surface area (Å²) in [7, 11) is 0. The zero-order valence-corrected chi connectivity index (χ0v) is 13.7. The summed E-state index contributed by atoms with van der Waals surface area (Å²) in [6, 6.07) is 9.38. The highest BCUT2D eigenvalue weighted by Crippen LogP contribution is 2.22. The lowest BCUT2D eigenvalue weighted by atomic mass is 10.2. The van der Waals surface area contributed by atoms with Crippen LogP contribution in [0.5, 0.6) is 0 Å². The number of benzene rings is 1. The quantitative estimate of drug-likeness (QED) is 0.776. The van der Waals surface area contributed by atoms with Crippen LogP contribution in [-0.2, 0) is 6.54 Å². The number of hydrogen-bond donors (Lipinski definition) is 1. The van der Waals surface area contributed by atoms with Gasteiger partial charge in [0.2, 0.25) is 0 Å². The van der Waals surface area contributed by atoms with Crippen molar-refractivity contribution in [2.45, 2.75) is 13.5 Å². The third-order valence-electron chi connectivity index (χ3n) is 3.62. The van der Waals surface area contributed by atoms with Crippen LogP contribution in [0, 0.1) is 5.92 Å². The average Bonchev–Trinajstić information content (AvgIpc) is 2.80. The van der Waals surface area contributed by atoms with Crippen molar-refractivity contribution in [2.24, 2.45) is 5.92 Å². The fraction of sp³-hybridized carbons (Fsp3) is 0.250. The van der Waals surface area contributed by atoms with E-state index >= 15 is 0 Å². The van der Waals surface area contributed by atoms with E-state index in [1.807, 2.05) is 37.3 Å². The smallest absolute Gasteiger partial charge is 0.333 e. The monoisotopic (exact) mass is 361 g/mol. The summed E-state index contributed by atoms with van der Waals surface area (Å²) in [5, 5.41) is 9.30. The number of nitrogens with zero attached hydrogens (tertiary/aromatic N) is 3. The first-order chi connectivity index (χ1) is 10.6. The molecule has 3 aromatic rings. The average molecular weight is 362 g/mol. The number of imidazole rings is 1. The molecule has 114 valence electrons. The molecule has 0 saturated carbocycles. The Morgan fingerprint density at radius 2 is 1.95 bits per heavy atom. The Labute approximate surface area is 136 Å². The van der Waals surface area contributed by atoms with Gasteiger partial charge in [0.05, 0.1) is 16.7 Å². The maximum atomic E-state index is 12.9. The number of pyridine rings is 1. The highest BCUT2D eigenvalue weighted by atomic mass is 79.9. The third kappa shape index (κ3) is 2.60. The topological polar surface area (TPSA) is 60.1 Å². The van der Waals surface area contributed by atoms with Crippen molar-refractivity contribution in [1.29, 1.82) is 0 Å². The number of hydrogen-bond acceptors (Lipinski definition) is 3. The van der Waals surface area contributed by atoms with Gasteiger partial charge in [-0.25, -0.2) is 4.79 Å². The molecule has 2 aromatic heterocycles. The van der Waals surface area contributed by atoms with E-state index in [4.69, 9.17) is 0 Å². The van der Waals surface area contributed by atoms with Gasteiger partial charge in [-0.2, -0.15) is 0 Å². The molecular weight excluding hydrogens is 346 g/mol. The summed E-state index contributed by atoms with van der Waals surface area (Å²) in [5.41, 5.74) is 2.35. The van der Waals surface area contributed by atoms with E-state index in [0.29, 0.717) is 6.54 Å². The molecule has 2 heterocycles. The van der Waals surface area contributed by atoms with Gasteiger partial charge in [0.15, 0.2) is 0 Å². The van der Waals surface area contributed by atoms with E-state index in [9.17, 15) is 9.90 Å². The summed E-state index contributed by atoms with van der Waals surface area (Å²) < 4.78 is 4.30. The first-order valence-corrected chi connectivity index (χ1v) is 7.83. The SMILES string of the molecule is C[C@H](CO)Cn1c(=O)n(-c2ccncc2)c2ccc(Br)cc21. The highest BCUT2D eigenvalue weighted by Gasteiger charge is 2.16. The summed E-state index contributed by atoms with van der Waals surface area (Å²) >= 11 is 3.46. The molecule has 0 amide bonds. The molecule has 0 aliphatic rings. The van der Waals surface area contributed by atoms with E-state index < -0.39 is 0 Å². The maximum absolute atomic E-state index is 12.9. The van der Waals surface area contributed by atoms with Crippen LogP contribution >= 0.6 is 15.9 Å². The van der Waals surface area contributed by atoms with Crippen molar-refractivity contribution in [3.63, 3.8) is 0 Å². The van der Waals surface area contributed by atoms with Gasteiger partial charge >= 0.3 is 5.69 Å². The molecule has 0 bridgehead atoms. The summed E-state index contributed by atoms with van der Waals surface area (Å²) in [6.07, 6.45) is 3.33. The van der Waals surface area contributed by atoms with Gasteiger partial charge in [0.1, 0.15) is 0 Å². The molecule has 1 aromatic carbocycles. The molecule has 0 aliphatic heterocycles. The Kier molecular flexibility index (Phi) is 4.13. The molecule has 6 heteroatoms. The van der Waals surface area contributed by atoms with Crippen LogP contribution in [0.25, 0.3) is 16.7 Å². The second kappa shape index (κ2) is 6.06. The molecule has 0 aliphatic carbocycles. The second-order valence-corrected chi connectivity index (χ2v) is 6.27. The minimum absolute atomic E-state index is 0.00757. The van der Waals surface area contributed by atoms with Gasteiger partial charge in [-0.15, -0.1) is 0 Å². The van der Waals surface area contributed by atoms with Gasteiger partial charge in [0, 0.05) is 30.0 Å². The molecule has 0 unspecified atom stereocenters. The summed E-state index contributed by atoms with van der Waals surface area (Å²) in [5.74, 6) is 0.00757. The van der Waals surface area contributed by atoms with Crippen molar-refractivity contribution in [3.8, 4) is 5.69 Å². The first-order valence-electron chi connectivity index (χ1n) is 7.04. The Hall–Kier alpha value is -1.92. The molecule has 0 fully saturated rings. The molecule has 22 heavy (non-hydrogen) atoms. The third-order valence-corrected chi connectivity index (χ3v) is 4.11. The van der Waals surface area contributed by atoms with Crippen LogP contribution in [-0.4, -0.2) is 25.8 Å². The lowest BCUT2D eigenvalue weighted by Crippen LogP contribution is -2.26. The Morgan fingerprint density at radius 1 is 1.23 bits per heavy atom. The van der Waals surface area contributed by atoms with Crippen LogP contribution in [0.4, 0.5) is 0 Å². The van der Waals surface area contributed by atoms with Gasteiger partial charge in [-0.05, 0) is 36.2 Å². The number of aliphatic hydroxyl groups is 1. The largest absolute Gasteiger partial charge is 0.396 e. The van der Waals surface area contributed by atoms with Gasteiger partial charge < -0.3 is 5.11 Å². The molecule has 1 N–H and O–H groups in total. The first kappa shape index (κ1) is 15.0. The van der Waals surface area contributed by atoms with Crippen LogP contribution in [0.2, 0.25) is 0 Å². The fourth-order valence-electron chi connectivity index (χ4n) is 2.52. The van der Waals surface area contributed by atoms with Crippen LogP contribution in [0.3, 0.4) is 0 Å². The number of halogens is 1. The predicted octanol–water partition coefficient (Wildman–Crippen LogP) is 2.58. The van der Waals surface area contributed by atoms with Gasteiger partial charge in [-0.3, -0.25) is 14.1 Å². The van der Waals surface area contributed by atoms with Crippen molar-refractivity contribution in [2.75, 3.05) is 6.61 Å². The second-order valence-electron chi connectivity index (χ2n) is 5.35. The van der Waals surface area contributed by atoms with Crippen molar-refractivity contribution in [1.82, 2.24) is 14.1 Å². The summed E-state index contributed by atoms with van der Waals surface area (Å²) in [4.78, 5) is 16.9. The zero-order chi connectivity index (χ0) is 15.7. The fourth-order valence-corrected chi connectivity index (χ4v) is 2.87.